The lowest BCUT2D eigenvalue weighted by molar-refractivity contribution is -0.208. The van der Waals surface area contributed by atoms with Crippen LogP contribution in [-0.2, 0) is 23.9 Å². The average molecular weight is 529 g/mol. The smallest absolute Gasteiger partial charge is 0.302 e. The Kier molecular flexibility index (Phi) is 6.26. The molecule has 6 heteroatoms. The number of ether oxygens (including phenoxy) is 2. The molecule has 5 aliphatic rings. The van der Waals surface area contributed by atoms with E-state index in [-0.39, 0.29) is 62.9 Å². The Labute approximate surface area is 228 Å². The van der Waals surface area contributed by atoms with Gasteiger partial charge in [-0.3, -0.25) is 14.4 Å². The van der Waals surface area contributed by atoms with Gasteiger partial charge >= 0.3 is 5.97 Å². The summed E-state index contributed by atoms with van der Waals surface area (Å²) in [6, 6.07) is 0. The molecule has 0 aromatic rings. The van der Waals surface area contributed by atoms with Crippen molar-refractivity contribution in [1.29, 1.82) is 0 Å². The number of aliphatic hydroxyl groups is 1. The predicted octanol–water partition coefficient (Wildman–Crippen LogP) is 5.59. The number of rotatable bonds is 5. The van der Waals surface area contributed by atoms with Crippen LogP contribution >= 0.6 is 0 Å². The molecule has 1 aliphatic heterocycles. The number of aliphatic hydroxyl groups excluding tert-OH is 1. The van der Waals surface area contributed by atoms with Gasteiger partial charge in [0.25, 0.3) is 0 Å². The molecule has 0 bridgehead atoms. The molecule has 4 fully saturated rings. The molecule has 4 aliphatic carbocycles. The molecule has 1 heterocycles. The highest BCUT2D eigenvalue weighted by Gasteiger charge is 2.70. The first-order valence-electron chi connectivity index (χ1n) is 14.7. The van der Waals surface area contributed by atoms with Gasteiger partial charge < -0.3 is 14.6 Å². The van der Waals surface area contributed by atoms with E-state index in [4.69, 9.17) is 9.47 Å². The van der Waals surface area contributed by atoms with Crippen molar-refractivity contribution in [3.8, 4) is 0 Å². The minimum absolute atomic E-state index is 0.0341. The minimum atomic E-state index is -0.553. The van der Waals surface area contributed by atoms with E-state index < -0.39 is 12.2 Å². The molecule has 6 nitrogen and oxygen atoms in total. The highest BCUT2D eigenvalue weighted by molar-refractivity contribution is 6.00. The Balaban J connectivity index is 1.50. The van der Waals surface area contributed by atoms with Gasteiger partial charge in [-0.1, -0.05) is 47.1 Å². The monoisotopic (exact) mass is 528 g/mol. The Bertz CT molecular complexity index is 1100. The first-order valence-corrected chi connectivity index (χ1v) is 14.7. The van der Waals surface area contributed by atoms with Crippen LogP contribution in [0.5, 0.6) is 0 Å². The summed E-state index contributed by atoms with van der Waals surface area (Å²) < 4.78 is 11.5. The van der Waals surface area contributed by atoms with Crippen molar-refractivity contribution in [2.45, 2.75) is 131 Å². The first-order chi connectivity index (χ1) is 17.4. The molecule has 0 amide bonds. The Morgan fingerprint density at radius 3 is 2.32 bits per heavy atom. The molecular formula is C32H48O6. The Hall–Kier alpha value is -1.53. The van der Waals surface area contributed by atoms with E-state index >= 15 is 0 Å². The number of ketones is 2. The van der Waals surface area contributed by atoms with Crippen molar-refractivity contribution in [1.82, 2.24) is 0 Å². The summed E-state index contributed by atoms with van der Waals surface area (Å²) in [6.45, 7) is 18.6. The third-order valence-corrected chi connectivity index (χ3v) is 12.3. The molecule has 3 saturated carbocycles. The number of hydrogen-bond donors (Lipinski definition) is 1. The van der Waals surface area contributed by atoms with Crippen LogP contribution in [0, 0.1) is 39.4 Å². The van der Waals surface area contributed by atoms with E-state index in [1.54, 1.807) is 0 Å². The number of allylic oxidation sites excluding steroid dienone is 1. The second-order valence-corrected chi connectivity index (χ2v) is 15.2. The lowest BCUT2D eigenvalue weighted by Crippen LogP contribution is -2.65. The van der Waals surface area contributed by atoms with Gasteiger partial charge in [-0.15, -0.1) is 0 Å². The largest absolute Gasteiger partial charge is 0.460 e. The van der Waals surface area contributed by atoms with Gasteiger partial charge in [0.15, 0.2) is 5.78 Å². The number of hydrogen-bond acceptors (Lipinski definition) is 6. The van der Waals surface area contributed by atoms with E-state index in [9.17, 15) is 19.5 Å². The lowest BCUT2D eigenvalue weighted by atomic mass is 9.36. The maximum absolute atomic E-state index is 13.8. The molecule has 1 saturated heterocycles. The van der Waals surface area contributed by atoms with Crippen LogP contribution < -0.4 is 0 Å². The first kappa shape index (κ1) is 28.0. The third kappa shape index (κ3) is 3.75. The van der Waals surface area contributed by atoms with Gasteiger partial charge in [-0.2, -0.15) is 0 Å². The van der Waals surface area contributed by atoms with E-state index in [1.165, 1.54) is 6.92 Å². The molecule has 38 heavy (non-hydrogen) atoms. The minimum Gasteiger partial charge on any atom is -0.460 e. The number of fused-ring (bicyclic) bond motifs is 5. The van der Waals surface area contributed by atoms with Gasteiger partial charge in [0.2, 0.25) is 0 Å². The van der Waals surface area contributed by atoms with E-state index in [0.717, 1.165) is 30.4 Å². The fourth-order valence-electron chi connectivity index (χ4n) is 10.3. The van der Waals surface area contributed by atoms with Crippen molar-refractivity contribution in [2.24, 2.45) is 39.4 Å². The molecule has 0 radical (unpaired) electrons. The highest BCUT2D eigenvalue weighted by atomic mass is 16.6. The van der Waals surface area contributed by atoms with Gasteiger partial charge in [0.05, 0.1) is 11.7 Å². The second-order valence-electron chi connectivity index (χ2n) is 15.2. The summed E-state index contributed by atoms with van der Waals surface area (Å²) in [4.78, 5) is 38.6. The number of esters is 1. The molecule has 0 aromatic carbocycles. The summed E-state index contributed by atoms with van der Waals surface area (Å²) in [5.41, 5.74) is 0.516. The van der Waals surface area contributed by atoms with E-state index in [0.29, 0.717) is 31.5 Å². The summed E-state index contributed by atoms with van der Waals surface area (Å²) >= 11 is 0. The van der Waals surface area contributed by atoms with Gasteiger partial charge in [-0.05, 0) is 80.1 Å². The van der Waals surface area contributed by atoms with Gasteiger partial charge in [0.1, 0.15) is 18.0 Å². The fourth-order valence-corrected chi connectivity index (χ4v) is 10.3. The summed E-state index contributed by atoms with van der Waals surface area (Å²) in [5.74, 6) is 0.350. The molecule has 212 valence electrons. The normalized spacial score (nSPS) is 44.6. The number of epoxide rings is 1. The zero-order chi connectivity index (χ0) is 28.2. The standard InChI is InChI=1S/C32H48O6/c1-17(14-22(37-18(2)33)27-29(5,6)38-27)25-19-15-20(34)26-30(7)12-11-24(36)28(3,4)23(30)10-13-31(26,8)32(19,9)16-21(25)35/h17,20,22-23,26-27,34H,10-16H2,1-9H3/t17-,20+,22+,23?,26?,27-,30+,31+,32+/m1/s1. The van der Waals surface area contributed by atoms with Crippen molar-refractivity contribution >= 4 is 17.5 Å². The molecule has 0 spiro atoms. The van der Waals surface area contributed by atoms with Crippen LogP contribution in [0.3, 0.4) is 0 Å². The fraction of sp³-hybridized carbons (Fsp3) is 0.844. The average Bonchev–Trinajstić information content (AvgIpc) is 3.32. The third-order valence-electron chi connectivity index (χ3n) is 12.3. The highest BCUT2D eigenvalue weighted by Crippen LogP contribution is 2.73. The molecule has 9 atom stereocenters. The maximum Gasteiger partial charge on any atom is 0.302 e. The number of carbonyl (C=O) groups is 3. The second kappa shape index (κ2) is 8.49. The van der Waals surface area contributed by atoms with Crippen molar-refractivity contribution in [2.75, 3.05) is 0 Å². The molecule has 2 unspecified atom stereocenters. The van der Waals surface area contributed by atoms with Crippen LogP contribution in [0.2, 0.25) is 0 Å². The zero-order valence-corrected chi connectivity index (χ0v) is 24.9. The van der Waals surface area contributed by atoms with Crippen LogP contribution in [0.15, 0.2) is 11.1 Å². The van der Waals surface area contributed by atoms with E-state index in [1.807, 2.05) is 13.8 Å². The summed E-state index contributed by atoms with van der Waals surface area (Å²) in [5, 5.41) is 11.9. The maximum atomic E-state index is 13.8. The Morgan fingerprint density at radius 2 is 1.74 bits per heavy atom. The SMILES string of the molecule is CC(=O)O[C@@H](C[C@@H](C)C1=C2C[C@H](O)C3[C@@]4(C)CCC(=O)C(C)(C)C4CC[C@]3(C)[C@@]2(C)CC1=O)[C@H]1OC1(C)C. The van der Waals surface area contributed by atoms with Crippen LogP contribution in [-0.4, -0.2) is 46.6 Å². The van der Waals surface area contributed by atoms with Crippen molar-refractivity contribution in [3.63, 3.8) is 0 Å². The summed E-state index contributed by atoms with van der Waals surface area (Å²) in [7, 11) is 0. The predicted molar refractivity (Wildman–Crippen MR) is 144 cm³/mol. The lowest BCUT2D eigenvalue weighted by Gasteiger charge is -2.68. The topological polar surface area (TPSA) is 93.2 Å². The molecular weight excluding hydrogens is 480 g/mol. The Morgan fingerprint density at radius 1 is 1.11 bits per heavy atom. The van der Waals surface area contributed by atoms with Crippen molar-refractivity contribution < 1.29 is 29.0 Å². The van der Waals surface area contributed by atoms with Crippen LogP contribution in [0.1, 0.15) is 107 Å². The van der Waals surface area contributed by atoms with Crippen LogP contribution in [0.25, 0.3) is 0 Å². The molecule has 0 aromatic heterocycles. The van der Waals surface area contributed by atoms with Crippen LogP contribution in [0.4, 0.5) is 0 Å². The van der Waals surface area contributed by atoms with Gasteiger partial charge in [0, 0.05) is 30.6 Å². The summed E-state index contributed by atoms with van der Waals surface area (Å²) in [6.07, 6.45) is 3.59. The zero-order valence-electron chi connectivity index (χ0n) is 24.9. The molecule has 5 rings (SSSR count). The number of Topliss-reactive ketones (excluding diaryl/α,β-unsaturated/α-hetero) is 2. The molecule has 1 N–H and O–H groups in total. The van der Waals surface area contributed by atoms with Crippen molar-refractivity contribution in [3.05, 3.63) is 11.1 Å². The van der Waals surface area contributed by atoms with E-state index in [2.05, 4.69) is 41.5 Å². The van der Waals surface area contributed by atoms with Gasteiger partial charge in [-0.25, -0.2) is 0 Å². The number of carbonyl (C=O) groups excluding carboxylic acids is 3. The quantitative estimate of drug-likeness (QED) is 0.369.